The van der Waals surface area contributed by atoms with Gasteiger partial charge in [0.05, 0.1) is 5.56 Å². The molecule has 9 heteroatoms. The lowest BCUT2D eigenvalue weighted by atomic mass is 10.1. The first kappa shape index (κ1) is 21.8. The molecule has 166 valence electrons. The Bertz CT molecular complexity index is 968. The maximum atomic E-state index is 13.3. The number of rotatable bonds is 7. The first-order valence-corrected chi connectivity index (χ1v) is 10.4. The molecule has 0 aromatic heterocycles. The van der Waals surface area contributed by atoms with E-state index in [1.807, 2.05) is 6.07 Å². The highest BCUT2D eigenvalue weighted by Crippen LogP contribution is 2.37. The minimum Gasteiger partial charge on any atom is -0.454 e. The predicted molar refractivity (Wildman–Crippen MR) is 109 cm³/mol. The Morgan fingerprint density at radius 2 is 1.87 bits per heavy atom. The Morgan fingerprint density at radius 3 is 2.65 bits per heavy atom. The second kappa shape index (κ2) is 8.96. The van der Waals surface area contributed by atoms with Crippen LogP contribution < -0.4 is 14.8 Å². The first-order chi connectivity index (χ1) is 14.8. The molecule has 2 heterocycles. The lowest BCUT2D eigenvalue weighted by Gasteiger charge is -2.26. The third-order valence-corrected chi connectivity index (χ3v) is 5.98. The normalized spacial score (nSPS) is 18.1. The van der Waals surface area contributed by atoms with Crippen LogP contribution in [0.4, 0.5) is 13.2 Å². The fraction of sp³-hybridized carbons (Fsp3) is 0.409. The van der Waals surface area contributed by atoms with E-state index in [0.717, 1.165) is 11.6 Å². The number of benzene rings is 2. The van der Waals surface area contributed by atoms with Crippen molar-refractivity contribution in [2.45, 2.75) is 44.6 Å². The van der Waals surface area contributed by atoms with Crippen LogP contribution in [0, 0.1) is 0 Å². The number of fused-ring (bicyclic) bond motifs is 1. The van der Waals surface area contributed by atoms with E-state index in [9.17, 15) is 18.0 Å². The average Bonchev–Trinajstić information content (AvgIpc) is 3.31. The van der Waals surface area contributed by atoms with Crippen molar-refractivity contribution in [1.82, 2.24) is 10.2 Å². The van der Waals surface area contributed by atoms with E-state index < -0.39 is 11.7 Å². The van der Waals surface area contributed by atoms with Gasteiger partial charge in [-0.1, -0.05) is 29.8 Å². The molecule has 2 aliphatic rings. The molecule has 1 atom stereocenters. The van der Waals surface area contributed by atoms with Gasteiger partial charge in [0, 0.05) is 36.6 Å². The van der Waals surface area contributed by atoms with Gasteiger partial charge in [0.15, 0.2) is 11.5 Å². The highest BCUT2D eigenvalue weighted by atomic mass is 35.5. The Hall–Kier alpha value is -2.45. The summed E-state index contributed by atoms with van der Waals surface area (Å²) >= 11 is 6.28. The van der Waals surface area contributed by atoms with Crippen LogP contribution in [0.25, 0.3) is 0 Å². The summed E-state index contributed by atoms with van der Waals surface area (Å²) in [4.78, 5) is 13.9. The summed E-state index contributed by atoms with van der Waals surface area (Å²) < 4.78 is 50.6. The van der Waals surface area contributed by atoms with Gasteiger partial charge in [-0.25, -0.2) is 0 Å². The number of hydrogen-bond acceptors (Lipinski definition) is 4. The van der Waals surface area contributed by atoms with Crippen molar-refractivity contribution in [2.75, 3.05) is 13.3 Å². The maximum Gasteiger partial charge on any atom is 0.416 e. The van der Waals surface area contributed by atoms with Crippen LogP contribution in [0.1, 0.15) is 36.0 Å². The molecule has 1 N–H and O–H groups in total. The van der Waals surface area contributed by atoms with E-state index >= 15 is 0 Å². The van der Waals surface area contributed by atoms with E-state index in [-0.39, 0.29) is 30.9 Å². The van der Waals surface area contributed by atoms with Gasteiger partial charge in [-0.05, 0) is 42.6 Å². The molecule has 4 rings (SSSR count). The van der Waals surface area contributed by atoms with Crippen molar-refractivity contribution in [3.8, 4) is 11.5 Å². The second-order valence-corrected chi connectivity index (χ2v) is 8.04. The largest absolute Gasteiger partial charge is 0.454 e. The van der Waals surface area contributed by atoms with Crippen molar-refractivity contribution >= 4 is 17.5 Å². The zero-order chi connectivity index (χ0) is 22.0. The topological polar surface area (TPSA) is 50.8 Å². The standard InChI is InChI=1S/C22H22ClF3N2O3/c23-18-10-20-19(30-13-31-20)9-15(18)11-27-8-7-16-5-6-21(29)28(16)12-14-3-1-2-4-17(14)22(24,25)26/h1-4,9-10,16,27H,5-8,11-13H2/t16-/m1/s1. The van der Waals surface area contributed by atoms with E-state index in [1.165, 1.54) is 12.1 Å². The van der Waals surface area contributed by atoms with Crippen LogP contribution in [0.5, 0.6) is 11.5 Å². The first-order valence-electron chi connectivity index (χ1n) is 10.1. The minimum absolute atomic E-state index is 0.0346. The van der Waals surface area contributed by atoms with Gasteiger partial charge in [-0.15, -0.1) is 0 Å². The SMILES string of the molecule is O=C1CC[C@H](CCNCc2cc3c(cc2Cl)OCO3)N1Cc1ccccc1C(F)(F)F. The number of alkyl halides is 3. The zero-order valence-corrected chi connectivity index (χ0v) is 17.4. The lowest BCUT2D eigenvalue weighted by molar-refractivity contribution is -0.139. The molecular weight excluding hydrogens is 433 g/mol. The van der Waals surface area contributed by atoms with Gasteiger partial charge in [-0.2, -0.15) is 13.2 Å². The van der Waals surface area contributed by atoms with Crippen molar-refractivity contribution in [2.24, 2.45) is 0 Å². The van der Waals surface area contributed by atoms with Gasteiger partial charge >= 0.3 is 6.18 Å². The van der Waals surface area contributed by atoms with Crippen molar-refractivity contribution < 1.29 is 27.4 Å². The molecule has 31 heavy (non-hydrogen) atoms. The van der Waals surface area contributed by atoms with Crippen LogP contribution in [-0.4, -0.2) is 30.2 Å². The monoisotopic (exact) mass is 454 g/mol. The number of carbonyl (C=O) groups excluding carboxylic acids is 1. The van der Waals surface area contributed by atoms with E-state index in [0.29, 0.717) is 48.9 Å². The molecule has 0 saturated carbocycles. The number of nitrogens with one attached hydrogen (secondary N) is 1. The molecular formula is C22H22ClF3N2O3. The van der Waals surface area contributed by atoms with Crippen molar-refractivity contribution in [3.05, 3.63) is 58.1 Å². The molecule has 0 spiro atoms. The molecule has 1 amide bonds. The molecule has 0 radical (unpaired) electrons. The van der Waals surface area contributed by atoms with E-state index in [4.69, 9.17) is 21.1 Å². The highest BCUT2D eigenvalue weighted by Gasteiger charge is 2.36. The fourth-order valence-corrected chi connectivity index (χ4v) is 4.24. The van der Waals surface area contributed by atoms with Crippen molar-refractivity contribution in [1.29, 1.82) is 0 Å². The summed E-state index contributed by atoms with van der Waals surface area (Å²) in [6, 6.07) is 8.87. The van der Waals surface area contributed by atoms with E-state index in [2.05, 4.69) is 5.32 Å². The third-order valence-electron chi connectivity index (χ3n) is 5.63. The van der Waals surface area contributed by atoms with Gasteiger partial charge in [0.2, 0.25) is 12.7 Å². The second-order valence-electron chi connectivity index (χ2n) is 7.63. The van der Waals surface area contributed by atoms with Gasteiger partial charge in [-0.3, -0.25) is 4.79 Å². The molecule has 5 nitrogen and oxygen atoms in total. The maximum absolute atomic E-state index is 13.3. The number of nitrogens with zero attached hydrogens (tertiary/aromatic N) is 1. The molecule has 0 bridgehead atoms. The quantitative estimate of drug-likeness (QED) is 0.613. The van der Waals surface area contributed by atoms with E-state index in [1.54, 1.807) is 17.0 Å². The smallest absolute Gasteiger partial charge is 0.416 e. The Labute approximate surface area is 183 Å². The predicted octanol–water partition coefficient (Wildman–Crippen LogP) is 4.76. The molecule has 2 aromatic rings. The summed E-state index contributed by atoms with van der Waals surface area (Å²) in [6.07, 6.45) is -2.81. The van der Waals surface area contributed by atoms with Crippen LogP contribution in [0.15, 0.2) is 36.4 Å². The minimum atomic E-state index is -4.44. The molecule has 0 aliphatic carbocycles. The number of amides is 1. The average molecular weight is 455 g/mol. The molecule has 2 aliphatic heterocycles. The summed E-state index contributed by atoms with van der Waals surface area (Å²) in [6.45, 7) is 1.24. The van der Waals surface area contributed by atoms with Gasteiger partial charge in [0.25, 0.3) is 0 Å². The van der Waals surface area contributed by atoms with Crippen LogP contribution in [-0.2, 0) is 24.1 Å². The molecule has 0 unspecified atom stereocenters. The van der Waals surface area contributed by atoms with Crippen LogP contribution >= 0.6 is 11.6 Å². The summed E-state index contributed by atoms with van der Waals surface area (Å²) in [5.74, 6) is 1.16. The highest BCUT2D eigenvalue weighted by molar-refractivity contribution is 6.31. The fourth-order valence-electron chi connectivity index (χ4n) is 4.02. The molecule has 1 saturated heterocycles. The third kappa shape index (κ3) is 4.91. The molecule has 2 aromatic carbocycles. The van der Waals surface area contributed by atoms with Crippen LogP contribution in [0.3, 0.4) is 0 Å². The number of likely N-dealkylation sites (tertiary alicyclic amines) is 1. The van der Waals surface area contributed by atoms with Crippen LogP contribution in [0.2, 0.25) is 5.02 Å². The van der Waals surface area contributed by atoms with Gasteiger partial charge in [0.1, 0.15) is 0 Å². The summed E-state index contributed by atoms with van der Waals surface area (Å²) in [5.41, 5.74) is 0.295. The molecule has 1 fully saturated rings. The summed E-state index contributed by atoms with van der Waals surface area (Å²) in [7, 11) is 0. The Morgan fingerprint density at radius 1 is 1.13 bits per heavy atom. The summed E-state index contributed by atoms with van der Waals surface area (Å²) in [5, 5.41) is 3.86. The number of ether oxygens (including phenoxy) is 2. The number of carbonyl (C=O) groups is 1. The van der Waals surface area contributed by atoms with Crippen molar-refractivity contribution in [3.63, 3.8) is 0 Å². The zero-order valence-electron chi connectivity index (χ0n) is 16.7. The number of hydrogen-bond donors (Lipinski definition) is 1. The van der Waals surface area contributed by atoms with Gasteiger partial charge < -0.3 is 19.7 Å². The lowest BCUT2D eigenvalue weighted by Crippen LogP contribution is -2.35. The Balaban J connectivity index is 1.34. The Kier molecular flexibility index (Phi) is 6.29. The number of halogens is 4.